The van der Waals surface area contributed by atoms with Crippen LogP contribution < -0.4 is 9.47 Å². The summed E-state index contributed by atoms with van der Waals surface area (Å²) < 4.78 is 11.7. The standard InChI is InChI=1S/C17H24O3/c1-11-7-12(2)9-13(8-11)17(18)16-10-19-14-5-3-4-6-15(14)20-16/h3-6,11-13,16-18H,7-10H2,1-2H3. The molecule has 0 radical (unpaired) electrons. The van der Waals surface area contributed by atoms with E-state index in [4.69, 9.17) is 9.47 Å². The molecule has 1 aromatic rings. The number of para-hydroxylation sites is 2. The maximum absolute atomic E-state index is 10.7. The Kier molecular flexibility index (Phi) is 3.88. The van der Waals surface area contributed by atoms with Crippen LogP contribution in [0.4, 0.5) is 0 Å². The zero-order chi connectivity index (χ0) is 14.1. The zero-order valence-corrected chi connectivity index (χ0v) is 12.3. The van der Waals surface area contributed by atoms with Gasteiger partial charge in [0.25, 0.3) is 0 Å². The van der Waals surface area contributed by atoms with Crippen LogP contribution in [0.2, 0.25) is 0 Å². The van der Waals surface area contributed by atoms with Crippen LogP contribution in [0.15, 0.2) is 24.3 Å². The first-order valence-electron chi connectivity index (χ1n) is 7.70. The van der Waals surface area contributed by atoms with Gasteiger partial charge in [0.15, 0.2) is 17.6 Å². The average molecular weight is 276 g/mol. The SMILES string of the molecule is CC1CC(C)CC(C(O)C2COc3ccccc3O2)C1. The van der Waals surface area contributed by atoms with Crippen molar-refractivity contribution in [1.29, 1.82) is 0 Å². The summed E-state index contributed by atoms with van der Waals surface area (Å²) in [6, 6.07) is 7.67. The highest BCUT2D eigenvalue weighted by molar-refractivity contribution is 5.40. The van der Waals surface area contributed by atoms with Gasteiger partial charge in [-0.2, -0.15) is 0 Å². The highest BCUT2D eigenvalue weighted by atomic mass is 16.6. The summed E-state index contributed by atoms with van der Waals surface area (Å²) >= 11 is 0. The highest BCUT2D eigenvalue weighted by Gasteiger charge is 2.36. The quantitative estimate of drug-likeness (QED) is 0.901. The first-order valence-corrected chi connectivity index (χ1v) is 7.70. The molecule has 0 amide bonds. The van der Waals surface area contributed by atoms with Crippen LogP contribution in [0.25, 0.3) is 0 Å². The normalized spacial score (nSPS) is 34.5. The smallest absolute Gasteiger partial charge is 0.161 e. The van der Waals surface area contributed by atoms with E-state index in [1.165, 1.54) is 6.42 Å². The molecule has 1 N–H and O–H groups in total. The Labute approximate surface area is 120 Å². The number of benzene rings is 1. The van der Waals surface area contributed by atoms with Gasteiger partial charge >= 0.3 is 0 Å². The molecular weight excluding hydrogens is 252 g/mol. The molecule has 0 saturated heterocycles. The van der Waals surface area contributed by atoms with E-state index >= 15 is 0 Å². The minimum atomic E-state index is -0.437. The van der Waals surface area contributed by atoms with Crippen LogP contribution in [0.3, 0.4) is 0 Å². The van der Waals surface area contributed by atoms with Crippen molar-refractivity contribution < 1.29 is 14.6 Å². The second kappa shape index (κ2) is 5.65. The Morgan fingerprint density at radius 1 is 1.05 bits per heavy atom. The fraction of sp³-hybridized carbons (Fsp3) is 0.647. The van der Waals surface area contributed by atoms with E-state index in [1.807, 2.05) is 24.3 Å². The lowest BCUT2D eigenvalue weighted by molar-refractivity contribution is -0.0548. The number of hydrogen-bond donors (Lipinski definition) is 1. The molecule has 0 bridgehead atoms. The van der Waals surface area contributed by atoms with Gasteiger partial charge in [0, 0.05) is 0 Å². The second-order valence-corrected chi connectivity index (χ2v) is 6.58. The molecule has 20 heavy (non-hydrogen) atoms. The van der Waals surface area contributed by atoms with Crippen molar-refractivity contribution in [3.63, 3.8) is 0 Å². The minimum Gasteiger partial charge on any atom is -0.486 e. The first kappa shape index (κ1) is 13.7. The maximum atomic E-state index is 10.7. The summed E-state index contributed by atoms with van der Waals surface area (Å²) in [6.45, 7) is 5.00. The number of rotatable bonds is 2. The number of hydrogen-bond acceptors (Lipinski definition) is 3. The molecule has 110 valence electrons. The summed E-state index contributed by atoms with van der Waals surface area (Å²) in [7, 11) is 0. The molecule has 3 heteroatoms. The molecule has 0 spiro atoms. The molecule has 4 unspecified atom stereocenters. The lowest BCUT2D eigenvalue weighted by Gasteiger charge is -2.38. The molecule has 3 nitrogen and oxygen atoms in total. The van der Waals surface area contributed by atoms with Crippen molar-refractivity contribution >= 4 is 0 Å². The summed E-state index contributed by atoms with van der Waals surface area (Å²) in [5.74, 6) is 3.24. The third-order valence-corrected chi connectivity index (χ3v) is 4.61. The van der Waals surface area contributed by atoms with E-state index in [0.29, 0.717) is 24.4 Å². The van der Waals surface area contributed by atoms with Crippen molar-refractivity contribution in [2.45, 2.75) is 45.3 Å². The monoisotopic (exact) mass is 276 g/mol. The van der Waals surface area contributed by atoms with E-state index in [1.54, 1.807) is 0 Å². The van der Waals surface area contributed by atoms with Gasteiger partial charge in [0.1, 0.15) is 6.61 Å². The molecule has 1 fully saturated rings. The van der Waals surface area contributed by atoms with Crippen molar-refractivity contribution in [3.05, 3.63) is 24.3 Å². The second-order valence-electron chi connectivity index (χ2n) is 6.58. The van der Waals surface area contributed by atoms with Gasteiger partial charge in [-0.1, -0.05) is 26.0 Å². The van der Waals surface area contributed by atoms with Crippen LogP contribution in [0.5, 0.6) is 11.5 Å². The predicted molar refractivity (Wildman–Crippen MR) is 78.0 cm³/mol. The summed E-state index contributed by atoms with van der Waals surface area (Å²) in [6.07, 6.45) is 2.77. The van der Waals surface area contributed by atoms with E-state index < -0.39 is 6.10 Å². The summed E-state index contributed by atoms with van der Waals surface area (Å²) in [5, 5.41) is 10.7. The summed E-state index contributed by atoms with van der Waals surface area (Å²) in [4.78, 5) is 0. The van der Waals surface area contributed by atoms with Gasteiger partial charge in [0.2, 0.25) is 0 Å². The minimum absolute atomic E-state index is 0.243. The van der Waals surface area contributed by atoms with Crippen molar-refractivity contribution in [3.8, 4) is 11.5 Å². The topological polar surface area (TPSA) is 38.7 Å². The molecule has 4 atom stereocenters. The number of ether oxygens (including phenoxy) is 2. The summed E-state index contributed by atoms with van der Waals surface area (Å²) in [5.41, 5.74) is 0. The van der Waals surface area contributed by atoms with E-state index in [9.17, 15) is 5.11 Å². The Bertz CT molecular complexity index is 449. The fourth-order valence-corrected chi connectivity index (χ4v) is 3.80. The largest absolute Gasteiger partial charge is 0.486 e. The van der Waals surface area contributed by atoms with E-state index in [-0.39, 0.29) is 6.10 Å². The molecule has 1 aliphatic heterocycles. The van der Waals surface area contributed by atoms with Crippen molar-refractivity contribution in [2.24, 2.45) is 17.8 Å². The lowest BCUT2D eigenvalue weighted by atomic mass is 9.73. The number of aliphatic hydroxyl groups is 1. The molecule has 1 aliphatic carbocycles. The lowest BCUT2D eigenvalue weighted by Crippen LogP contribution is -2.45. The first-order chi connectivity index (χ1) is 9.63. The maximum Gasteiger partial charge on any atom is 0.161 e. The van der Waals surface area contributed by atoms with Crippen LogP contribution >= 0.6 is 0 Å². The van der Waals surface area contributed by atoms with Crippen LogP contribution in [-0.2, 0) is 0 Å². The third-order valence-electron chi connectivity index (χ3n) is 4.61. The predicted octanol–water partition coefficient (Wildman–Crippen LogP) is 3.26. The molecule has 0 aromatic heterocycles. The van der Waals surface area contributed by atoms with Crippen molar-refractivity contribution in [2.75, 3.05) is 6.61 Å². The molecule has 1 aromatic carbocycles. The Morgan fingerprint density at radius 2 is 1.70 bits per heavy atom. The third kappa shape index (κ3) is 2.78. The molecule has 1 heterocycles. The van der Waals surface area contributed by atoms with E-state index in [0.717, 1.165) is 24.3 Å². The highest BCUT2D eigenvalue weighted by Crippen LogP contribution is 2.38. The fourth-order valence-electron chi connectivity index (χ4n) is 3.80. The van der Waals surface area contributed by atoms with Gasteiger partial charge in [-0.15, -0.1) is 0 Å². The number of aliphatic hydroxyl groups excluding tert-OH is 1. The van der Waals surface area contributed by atoms with Crippen LogP contribution in [-0.4, -0.2) is 23.9 Å². The van der Waals surface area contributed by atoms with Gasteiger partial charge < -0.3 is 14.6 Å². The molecular formula is C17H24O3. The number of fused-ring (bicyclic) bond motifs is 1. The Morgan fingerprint density at radius 3 is 2.40 bits per heavy atom. The average Bonchev–Trinajstić information content (AvgIpc) is 2.45. The van der Waals surface area contributed by atoms with Crippen LogP contribution in [0, 0.1) is 17.8 Å². The van der Waals surface area contributed by atoms with Crippen molar-refractivity contribution in [1.82, 2.24) is 0 Å². The molecule has 3 rings (SSSR count). The zero-order valence-electron chi connectivity index (χ0n) is 12.3. The Balaban J connectivity index is 1.68. The van der Waals surface area contributed by atoms with Crippen LogP contribution in [0.1, 0.15) is 33.1 Å². The van der Waals surface area contributed by atoms with Gasteiger partial charge in [-0.3, -0.25) is 0 Å². The molecule has 1 saturated carbocycles. The Hall–Kier alpha value is -1.22. The van der Waals surface area contributed by atoms with Gasteiger partial charge in [0.05, 0.1) is 6.10 Å². The van der Waals surface area contributed by atoms with E-state index in [2.05, 4.69) is 13.8 Å². The van der Waals surface area contributed by atoms with Gasteiger partial charge in [-0.05, 0) is 49.1 Å². The molecule has 2 aliphatic rings. The van der Waals surface area contributed by atoms with Gasteiger partial charge in [-0.25, -0.2) is 0 Å².